The fourth-order valence-corrected chi connectivity index (χ4v) is 1.90. The van der Waals surface area contributed by atoms with Crippen LogP contribution >= 0.6 is 0 Å². The monoisotopic (exact) mass is 337 g/mol. The van der Waals surface area contributed by atoms with Crippen molar-refractivity contribution >= 4 is 15.9 Å². The molecule has 0 unspecified atom stereocenters. The van der Waals surface area contributed by atoms with E-state index in [2.05, 4.69) is 20.7 Å². The molecule has 0 aliphatic heterocycles. The van der Waals surface area contributed by atoms with Crippen LogP contribution in [0.2, 0.25) is 0 Å². The number of hydrogen-bond donors (Lipinski definition) is 1. The van der Waals surface area contributed by atoms with Gasteiger partial charge < -0.3 is 14.8 Å². The molecule has 0 bridgehead atoms. The number of amides is 1. The van der Waals surface area contributed by atoms with E-state index in [0.29, 0.717) is 6.07 Å². The van der Waals surface area contributed by atoms with Gasteiger partial charge in [-0.2, -0.15) is 0 Å². The van der Waals surface area contributed by atoms with Crippen molar-refractivity contribution in [2.45, 2.75) is 11.3 Å². The van der Waals surface area contributed by atoms with E-state index in [1.165, 1.54) is 0 Å². The zero-order valence-corrected chi connectivity index (χ0v) is 11.9. The lowest BCUT2D eigenvalue weighted by atomic mass is 10.3. The van der Waals surface area contributed by atoms with Crippen molar-refractivity contribution < 1.29 is 35.9 Å². The molecule has 22 heavy (non-hydrogen) atoms. The Bertz CT molecular complexity index is 706. The average molecular weight is 337 g/mol. The molecule has 1 N–H and O–H groups in total. The van der Waals surface area contributed by atoms with Gasteiger partial charge in [-0.1, -0.05) is 5.92 Å². The zero-order valence-electron chi connectivity index (χ0n) is 11.1. The number of rotatable bonds is 4. The normalized spacial score (nSPS) is 11.4. The van der Waals surface area contributed by atoms with Crippen LogP contribution in [0, 0.1) is 12.3 Å². The first-order chi connectivity index (χ1) is 10.0. The molecule has 6 nitrogen and oxygen atoms in total. The molecule has 0 heterocycles. The van der Waals surface area contributed by atoms with Crippen LogP contribution in [0.3, 0.4) is 0 Å². The topological polar surface area (TPSA) is 81.7 Å². The number of carbonyl (C=O) groups is 1. The molecule has 10 heteroatoms. The maximum atomic E-state index is 12.3. The number of nitrogens with one attached hydrogen (secondary N) is 1. The summed E-state index contributed by atoms with van der Waals surface area (Å²) >= 11 is 0. The highest BCUT2D eigenvalue weighted by Crippen LogP contribution is 2.34. The molecule has 0 aliphatic rings. The van der Waals surface area contributed by atoms with Crippen molar-refractivity contribution in [1.29, 1.82) is 0 Å². The van der Waals surface area contributed by atoms with Gasteiger partial charge in [0.05, 0.1) is 11.4 Å². The van der Waals surface area contributed by atoms with Gasteiger partial charge in [-0.25, -0.2) is 13.2 Å². The predicted octanol–water partition coefficient (Wildman–Crippen LogP) is 1.71. The highest BCUT2D eigenvalue weighted by atomic mass is 32.2. The van der Waals surface area contributed by atoms with Gasteiger partial charge in [0.2, 0.25) is 0 Å². The minimum atomic E-state index is -5.09. The Kier molecular flexibility index (Phi) is 5.27. The van der Waals surface area contributed by atoms with E-state index in [0.717, 1.165) is 18.4 Å². The van der Waals surface area contributed by atoms with Gasteiger partial charge in [-0.05, 0) is 12.1 Å². The molecule has 0 radical (unpaired) electrons. The van der Waals surface area contributed by atoms with Gasteiger partial charge in [0.1, 0.15) is 0 Å². The molecule has 1 aromatic rings. The third-order valence-electron chi connectivity index (χ3n) is 2.11. The van der Waals surface area contributed by atoms with E-state index < -0.39 is 38.7 Å². The van der Waals surface area contributed by atoms with Gasteiger partial charge in [-0.3, -0.25) is 0 Å². The molecule has 1 aromatic carbocycles. The second-order valence-corrected chi connectivity index (χ2v) is 5.89. The van der Waals surface area contributed by atoms with Crippen LogP contribution in [-0.2, 0) is 9.84 Å². The molecule has 0 saturated heterocycles. The highest BCUT2D eigenvalue weighted by molar-refractivity contribution is 7.90. The molecule has 1 amide bonds. The summed E-state index contributed by atoms with van der Waals surface area (Å²) in [7, 11) is -3.77. The third-order valence-corrected chi connectivity index (χ3v) is 3.22. The summed E-state index contributed by atoms with van der Waals surface area (Å²) < 4.78 is 68.0. The maximum absolute atomic E-state index is 12.3. The molecular weight excluding hydrogens is 327 g/mol. The second kappa shape index (κ2) is 6.57. The fourth-order valence-electron chi connectivity index (χ4n) is 1.27. The van der Waals surface area contributed by atoms with E-state index in [1.54, 1.807) is 0 Å². The van der Waals surface area contributed by atoms with Crippen molar-refractivity contribution in [3.8, 4) is 23.8 Å². The zero-order chi connectivity index (χ0) is 17.0. The number of ether oxygens (including phenoxy) is 2. The lowest BCUT2D eigenvalue weighted by molar-refractivity contribution is -0.275. The number of benzene rings is 1. The number of terminal acetylenes is 1. The number of halogens is 3. The highest BCUT2D eigenvalue weighted by Gasteiger charge is 2.33. The van der Waals surface area contributed by atoms with Crippen LogP contribution in [0.5, 0.6) is 11.5 Å². The van der Waals surface area contributed by atoms with Crippen molar-refractivity contribution in [3.63, 3.8) is 0 Å². The predicted molar refractivity (Wildman–Crippen MR) is 69.1 cm³/mol. The molecule has 0 atom stereocenters. The molecule has 0 saturated carbocycles. The van der Waals surface area contributed by atoms with Crippen LogP contribution in [0.1, 0.15) is 0 Å². The fraction of sp³-hybridized carbons (Fsp3) is 0.250. The molecule has 0 aliphatic carbocycles. The van der Waals surface area contributed by atoms with Gasteiger partial charge in [0.25, 0.3) is 0 Å². The van der Waals surface area contributed by atoms with Gasteiger partial charge in [-0.15, -0.1) is 19.6 Å². The van der Waals surface area contributed by atoms with E-state index in [9.17, 15) is 26.4 Å². The third kappa shape index (κ3) is 5.53. The molecule has 0 spiro atoms. The first kappa shape index (κ1) is 17.6. The Morgan fingerprint density at radius 2 is 2.00 bits per heavy atom. The van der Waals surface area contributed by atoms with Crippen LogP contribution in [0.25, 0.3) is 0 Å². The first-order valence-electron chi connectivity index (χ1n) is 5.52. The van der Waals surface area contributed by atoms with E-state index in [1.807, 2.05) is 0 Å². The Morgan fingerprint density at radius 3 is 2.50 bits per heavy atom. The molecule has 120 valence electrons. The molecule has 0 fully saturated rings. The van der Waals surface area contributed by atoms with E-state index in [-0.39, 0.29) is 6.54 Å². The Labute approximate surface area is 124 Å². The number of alkyl halides is 3. The van der Waals surface area contributed by atoms with Crippen molar-refractivity contribution in [3.05, 3.63) is 18.2 Å². The van der Waals surface area contributed by atoms with Crippen molar-refractivity contribution in [2.75, 3.05) is 12.8 Å². The molecular formula is C12H10F3NO5S. The summed E-state index contributed by atoms with van der Waals surface area (Å²) in [5.74, 6) is 0.486. The molecule has 1 rings (SSSR count). The largest absolute Gasteiger partial charge is 0.573 e. The summed E-state index contributed by atoms with van der Waals surface area (Å²) in [4.78, 5) is 10.9. The van der Waals surface area contributed by atoms with Crippen LogP contribution in [0.15, 0.2) is 23.1 Å². The molecule has 0 aromatic heterocycles. The average Bonchev–Trinajstić information content (AvgIpc) is 2.35. The number of hydrogen-bond acceptors (Lipinski definition) is 5. The SMILES string of the molecule is C#CCNC(=O)Oc1ccc(S(C)(=O)=O)cc1OC(F)(F)F. The Morgan fingerprint density at radius 1 is 1.36 bits per heavy atom. The van der Waals surface area contributed by atoms with E-state index >= 15 is 0 Å². The van der Waals surface area contributed by atoms with E-state index in [4.69, 9.17) is 6.42 Å². The standard InChI is InChI=1S/C12H10F3NO5S/c1-3-6-16-11(17)20-9-5-4-8(22(2,18)19)7-10(9)21-12(13,14)15/h1,4-5,7H,6H2,2H3,(H,16,17). The quantitative estimate of drug-likeness (QED) is 0.846. The Hall–Kier alpha value is -2.41. The van der Waals surface area contributed by atoms with Gasteiger partial charge >= 0.3 is 12.5 Å². The maximum Gasteiger partial charge on any atom is 0.573 e. The number of sulfone groups is 1. The van der Waals surface area contributed by atoms with Crippen molar-refractivity contribution in [1.82, 2.24) is 5.32 Å². The summed E-state index contributed by atoms with van der Waals surface area (Å²) in [6, 6.07) is 2.45. The van der Waals surface area contributed by atoms with Crippen LogP contribution in [-0.4, -0.2) is 33.7 Å². The second-order valence-electron chi connectivity index (χ2n) is 3.88. The summed E-state index contributed by atoms with van der Waals surface area (Å²) in [6.45, 7) is -0.199. The minimum Gasteiger partial charge on any atom is -0.406 e. The van der Waals surface area contributed by atoms with Gasteiger partial charge in [0.15, 0.2) is 21.3 Å². The summed E-state index contributed by atoms with van der Waals surface area (Å²) in [5, 5.41) is 2.06. The minimum absolute atomic E-state index is 0.199. The van der Waals surface area contributed by atoms with Crippen LogP contribution in [0.4, 0.5) is 18.0 Å². The summed E-state index contributed by atoms with van der Waals surface area (Å²) in [5.41, 5.74) is 0. The number of carbonyl (C=O) groups excluding carboxylic acids is 1. The van der Waals surface area contributed by atoms with Gasteiger partial charge in [0, 0.05) is 12.3 Å². The lowest BCUT2D eigenvalue weighted by Crippen LogP contribution is -2.27. The first-order valence-corrected chi connectivity index (χ1v) is 7.41. The van der Waals surface area contributed by atoms with Crippen LogP contribution < -0.4 is 14.8 Å². The summed E-state index contributed by atoms with van der Waals surface area (Å²) in [6.07, 6.45) is -0.511. The van der Waals surface area contributed by atoms with Crippen molar-refractivity contribution in [2.24, 2.45) is 0 Å². The lowest BCUT2D eigenvalue weighted by Gasteiger charge is -2.14. The Balaban J connectivity index is 3.15. The smallest absolute Gasteiger partial charge is 0.406 e.